The van der Waals surface area contributed by atoms with Gasteiger partial charge in [-0.2, -0.15) is 0 Å². The molecule has 0 saturated heterocycles. The summed E-state index contributed by atoms with van der Waals surface area (Å²) < 4.78 is 7.39. The molecule has 0 bridgehead atoms. The van der Waals surface area contributed by atoms with E-state index in [1.54, 1.807) is 7.11 Å². The molecule has 1 N–H and O–H groups in total. The lowest BCUT2D eigenvalue weighted by Crippen LogP contribution is -2.37. The lowest BCUT2D eigenvalue weighted by molar-refractivity contribution is -0.120. The Morgan fingerprint density at radius 2 is 1.89 bits per heavy atom. The fraction of sp³-hybridized carbons (Fsp3) is 0.364. The van der Waals surface area contributed by atoms with Gasteiger partial charge in [0.1, 0.15) is 5.75 Å². The van der Waals surface area contributed by atoms with Gasteiger partial charge in [0, 0.05) is 11.7 Å². The molecule has 1 aromatic heterocycles. The van der Waals surface area contributed by atoms with Crippen molar-refractivity contribution < 1.29 is 9.53 Å². The number of hydrogen-bond donors (Lipinski definition) is 1. The summed E-state index contributed by atoms with van der Waals surface area (Å²) in [6.45, 7) is 1.95. The Hall–Kier alpha value is -2.47. The Kier molecular flexibility index (Phi) is 5.57. The summed E-state index contributed by atoms with van der Waals surface area (Å²) in [5, 5.41) is 3.80. The van der Waals surface area contributed by atoms with Crippen LogP contribution in [0.2, 0.25) is 0 Å². The Balaban J connectivity index is 1.63. The molecule has 1 heterocycles. The molecule has 0 aliphatic heterocycles. The van der Waals surface area contributed by atoms with Crippen LogP contribution in [0.25, 0.3) is 16.7 Å². The SMILES string of the molecule is COc1ccc(-n2c(SC(C)C(=O)NC3CCCC3)nc3ccccc32)cc1. The Labute approximate surface area is 169 Å². The van der Waals surface area contributed by atoms with Gasteiger partial charge in [-0.05, 0) is 56.2 Å². The zero-order chi connectivity index (χ0) is 19.5. The number of carbonyl (C=O) groups excluding carboxylic acids is 1. The van der Waals surface area contributed by atoms with Crippen LogP contribution in [0.1, 0.15) is 32.6 Å². The predicted octanol–water partition coefficient (Wildman–Crippen LogP) is 4.57. The van der Waals surface area contributed by atoms with Crippen molar-refractivity contribution in [3.8, 4) is 11.4 Å². The van der Waals surface area contributed by atoms with Gasteiger partial charge in [-0.15, -0.1) is 0 Å². The molecule has 1 aliphatic carbocycles. The third-order valence-electron chi connectivity index (χ3n) is 5.21. The van der Waals surface area contributed by atoms with Crippen molar-refractivity contribution in [3.05, 3.63) is 48.5 Å². The summed E-state index contributed by atoms with van der Waals surface area (Å²) in [5.41, 5.74) is 2.95. The van der Waals surface area contributed by atoms with Crippen LogP contribution in [-0.2, 0) is 4.79 Å². The number of benzene rings is 2. The van der Waals surface area contributed by atoms with Crippen molar-refractivity contribution in [2.75, 3.05) is 7.11 Å². The highest BCUT2D eigenvalue weighted by Gasteiger charge is 2.23. The zero-order valence-corrected chi connectivity index (χ0v) is 17.0. The number of rotatable bonds is 6. The van der Waals surface area contributed by atoms with E-state index in [4.69, 9.17) is 9.72 Å². The number of ether oxygens (including phenoxy) is 1. The standard InChI is InChI=1S/C22H25N3O2S/c1-15(21(26)23-16-7-3-4-8-16)28-22-24-19-9-5-6-10-20(19)25(22)17-11-13-18(27-2)14-12-17/h5-6,9-16H,3-4,7-8H2,1-2H3,(H,23,26). The van der Waals surface area contributed by atoms with Crippen molar-refractivity contribution in [2.45, 2.75) is 49.1 Å². The van der Waals surface area contributed by atoms with Gasteiger partial charge in [0.2, 0.25) is 5.91 Å². The lowest BCUT2D eigenvalue weighted by Gasteiger charge is -2.17. The zero-order valence-electron chi connectivity index (χ0n) is 16.2. The molecule has 0 radical (unpaired) electrons. The molecule has 1 saturated carbocycles. The van der Waals surface area contributed by atoms with Crippen LogP contribution < -0.4 is 10.1 Å². The monoisotopic (exact) mass is 395 g/mol. The van der Waals surface area contributed by atoms with E-state index in [1.807, 2.05) is 49.4 Å². The average molecular weight is 396 g/mol. The molecule has 146 valence electrons. The van der Waals surface area contributed by atoms with E-state index in [0.717, 1.165) is 40.5 Å². The molecular formula is C22H25N3O2S. The Morgan fingerprint density at radius 1 is 1.18 bits per heavy atom. The number of methoxy groups -OCH3 is 1. The topological polar surface area (TPSA) is 56.1 Å². The first-order chi connectivity index (χ1) is 13.7. The molecule has 1 unspecified atom stereocenters. The number of carbonyl (C=O) groups is 1. The summed E-state index contributed by atoms with van der Waals surface area (Å²) in [6.07, 6.45) is 4.60. The summed E-state index contributed by atoms with van der Waals surface area (Å²) in [4.78, 5) is 17.5. The summed E-state index contributed by atoms with van der Waals surface area (Å²) in [5.74, 6) is 0.900. The second kappa shape index (κ2) is 8.27. The first-order valence-electron chi connectivity index (χ1n) is 9.74. The van der Waals surface area contributed by atoms with Crippen LogP contribution in [0, 0.1) is 0 Å². The molecule has 1 aliphatic rings. The Morgan fingerprint density at radius 3 is 2.61 bits per heavy atom. The normalized spacial score (nSPS) is 15.6. The number of nitrogens with one attached hydrogen (secondary N) is 1. The van der Waals surface area contributed by atoms with Crippen molar-refractivity contribution in [1.82, 2.24) is 14.9 Å². The van der Waals surface area contributed by atoms with Gasteiger partial charge in [0.15, 0.2) is 5.16 Å². The van der Waals surface area contributed by atoms with Crippen LogP contribution in [0.15, 0.2) is 53.7 Å². The molecular weight excluding hydrogens is 370 g/mol. The minimum absolute atomic E-state index is 0.0882. The number of imidazole rings is 1. The van der Waals surface area contributed by atoms with Crippen molar-refractivity contribution in [1.29, 1.82) is 0 Å². The summed E-state index contributed by atoms with van der Waals surface area (Å²) in [6, 6.07) is 16.3. The number of aromatic nitrogens is 2. The fourth-order valence-electron chi connectivity index (χ4n) is 3.66. The number of fused-ring (bicyclic) bond motifs is 1. The molecule has 0 spiro atoms. The van der Waals surface area contributed by atoms with E-state index in [0.29, 0.717) is 6.04 Å². The number of hydrogen-bond acceptors (Lipinski definition) is 4. The van der Waals surface area contributed by atoms with Crippen LogP contribution in [-0.4, -0.2) is 33.9 Å². The highest BCUT2D eigenvalue weighted by atomic mass is 32.2. The maximum absolute atomic E-state index is 12.7. The van der Waals surface area contributed by atoms with Crippen LogP contribution in [0.3, 0.4) is 0 Å². The van der Waals surface area contributed by atoms with Crippen molar-refractivity contribution in [3.63, 3.8) is 0 Å². The second-order valence-electron chi connectivity index (χ2n) is 7.17. The van der Waals surface area contributed by atoms with Crippen LogP contribution >= 0.6 is 11.8 Å². The van der Waals surface area contributed by atoms with Crippen LogP contribution in [0.4, 0.5) is 0 Å². The highest BCUT2D eigenvalue weighted by Crippen LogP contribution is 2.31. The summed E-state index contributed by atoms with van der Waals surface area (Å²) >= 11 is 1.50. The highest BCUT2D eigenvalue weighted by molar-refractivity contribution is 8.00. The number of para-hydroxylation sites is 2. The van der Waals surface area contributed by atoms with Gasteiger partial charge in [-0.3, -0.25) is 9.36 Å². The van der Waals surface area contributed by atoms with Crippen molar-refractivity contribution >= 4 is 28.7 Å². The average Bonchev–Trinajstić information content (AvgIpc) is 3.35. The number of nitrogens with zero attached hydrogens (tertiary/aromatic N) is 2. The maximum atomic E-state index is 12.7. The molecule has 1 fully saturated rings. The van der Waals surface area contributed by atoms with E-state index in [2.05, 4.69) is 16.0 Å². The summed E-state index contributed by atoms with van der Waals surface area (Å²) in [7, 11) is 1.66. The fourth-order valence-corrected chi connectivity index (χ4v) is 4.62. The third-order valence-corrected chi connectivity index (χ3v) is 6.27. The number of thioether (sulfide) groups is 1. The quantitative estimate of drug-likeness (QED) is 0.621. The molecule has 1 atom stereocenters. The van der Waals surface area contributed by atoms with Gasteiger partial charge < -0.3 is 10.1 Å². The molecule has 6 heteroatoms. The maximum Gasteiger partial charge on any atom is 0.233 e. The minimum atomic E-state index is -0.214. The number of amides is 1. The predicted molar refractivity (Wildman–Crippen MR) is 113 cm³/mol. The smallest absolute Gasteiger partial charge is 0.233 e. The Bertz CT molecular complexity index is 962. The van der Waals surface area contributed by atoms with Gasteiger partial charge in [0.05, 0.1) is 23.4 Å². The third kappa shape index (κ3) is 3.87. The first kappa shape index (κ1) is 18.9. The first-order valence-corrected chi connectivity index (χ1v) is 10.6. The van der Waals surface area contributed by atoms with Crippen molar-refractivity contribution in [2.24, 2.45) is 0 Å². The lowest BCUT2D eigenvalue weighted by atomic mass is 10.2. The van der Waals surface area contributed by atoms with Gasteiger partial charge in [-0.1, -0.05) is 36.7 Å². The largest absolute Gasteiger partial charge is 0.497 e. The molecule has 2 aromatic carbocycles. The van der Waals surface area contributed by atoms with E-state index in [1.165, 1.54) is 24.6 Å². The van der Waals surface area contributed by atoms with Crippen LogP contribution in [0.5, 0.6) is 5.75 Å². The minimum Gasteiger partial charge on any atom is -0.497 e. The molecule has 28 heavy (non-hydrogen) atoms. The van der Waals surface area contributed by atoms with Gasteiger partial charge in [0.25, 0.3) is 0 Å². The van der Waals surface area contributed by atoms with E-state index in [9.17, 15) is 4.79 Å². The van der Waals surface area contributed by atoms with E-state index < -0.39 is 0 Å². The van der Waals surface area contributed by atoms with Gasteiger partial charge in [-0.25, -0.2) is 4.98 Å². The van der Waals surface area contributed by atoms with E-state index >= 15 is 0 Å². The second-order valence-corrected chi connectivity index (χ2v) is 8.47. The van der Waals surface area contributed by atoms with Gasteiger partial charge >= 0.3 is 0 Å². The van der Waals surface area contributed by atoms with E-state index in [-0.39, 0.29) is 11.2 Å². The molecule has 3 aromatic rings. The molecule has 5 nitrogen and oxygen atoms in total. The molecule has 4 rings (SSSR count). The molecule has 1 amide bonds.